The molecule has 1 aromatic rings. The number of methoxy groups -OCH3 is 1. The molecule has 0 fully saturated rings. The van der Waals surface area contributed by atoms with Crippen molar-refractivity contribution in [3.05, 3.63) is 28.0 Å². The molecule has 0 spiro atoms. The van der Waals surface area contributed by atoms with Crippen LogP contribution in [0.3, 0.4) is 0 Å². The van der Waals surface area contributed by atoms with Gasteiger partial charge in [0, 0.05) is 0 Å². The van der Waals surface area contributed by atoms with Gasteiger partial charge in [-0.25, -0.2) is 12.8 Å². The number of esters is 1. The zero-order valence-electron chi connectivity index (χ0n) is 10.4. The maximum atomic E-state index is 13.3. The number of rotatable bonds is 5. The van der Waals surface area contributed by atoms with E-state index in [9.17, 15) is 17.6 Å². The van der Waals surface area contributed by atoms with Crippen molar-refractivity contribution in [1.29, 1.82) is 0 Å². The lowest BCUT2D eigenvalue weighted by molar-refractivity contribution is -0.140. The van der Waals surface area contributed by atoms with Crippen LogP contribution in [0.1, 0.15) is 12.0 Å². The third kappa shape index (κ3) is 4.79. The first kappa shape index (κ1) is 15.9. The van der Waals surface area contributed by atoms with E-state index in [0.29, 0.717) is 5.56 Å². The molecule has 0 amide bonds. The molecule has 0 radical (unpaired) electrons. The minimum atomic E-state index is -3.72. The number of sulfonamides is 1. The van der Waals surface area contributed by atoms with Crippen molar-refractivity contribution in [3.8, 4) is 0 Å². The van der Waals surface area contributed by atoms with Crippen LogP contribution in [-0.4, -0.2) is 27.2 Å². The first-order valence-electron chi connectivity index (χ1n) is 5.28. The molecule has 1 aromatic carbocycles. The van der Waals surface area contributed by atoms with Gasteiger partial charge in [-0.3, -0.25) is 9.52 Å². The Labute approximate surface area is 119 Å². The summed E-state index contributed by atoms with van der Waals surface area (Å²) in [4.78, 5) is 10.9. The fraction of sp³-hybridized carbons (Fsp3) is 0.364. The van der Waals surface area contributed by atoms with E-state index in [1.807, 2.05) is 0 Å². The number of nitrogens with one attached hydrogen (secondary N) is 1. The van der Waals surface area contributed by atoms with E-state index in [2.05, 4.69) is 25.4 Å². The van der Waals surface area contributed by atoms with Gasteiger partial charge in [-0.2, -0.15) is 0 Å². The number of ether oxygens (including phenoxy) is 1. The number of carbonyl (C=O) groups is 1. The molecule has 0 saturated carbocycles. The van der Waals surface area contributed by atoms with Crippen molar-refractivity contribution in [2.24, 2.45) is 0 Å². The molecule has 19 heavy (non-hydrogen) atoms. The van der Waals surface area contributed by atoms with Gasteiger partial charge in [0.05, 0.1) is 29.4 Å². The lowest BCUT2D eigenvalue weighted by atomic mass is 10.2. The first-order chi connectivity index (χ1) is 8.75. The van der Waals surface area contributed by atoms with Crippen LogP contribution in [0.15, 0.2) is 16.6 Å². The molecule has 0 bridgehead atoms. The molecule has 1 rings (SSSR count). The third-order valence-electron chi connectivity index (χ3n) is 2.34. The predicted molar refractivity (Wildman–Crippen MR) is 72.9 cm³/mol. The quantitative estimate of drug-likeness (QED) is 0.823. The second-order valence-corrected chi connectivity index (χ2v) is 6.52. The number of aryl methyl sites for hydroxylation is 1. The summed E-state index contributed by atoms with van der Waals surface area (Å²) in [7, 11) is -2.55. The highest BCUT2D eigenvalue weighted by molar-refractivity contribution is 9.10. The number of carbonyl (C=O) groups excluding carboxylic acids is 1. The van der Waals surface area contributed by atoms with E-state index in [0.717, 1.165) is 6.07 Å². The number of benzene rings is 1. The van der Waals surface area contributed by atoms with Gasteiger partial charge in [0.15, 0.2) is 0 Å². The summed E-state index contributed by atoms with van der Waals surface area (Å²) < 4.78 is 43.6. The van der Waals surface area contributed by atoms with E-state index in [-0.39, 0.29) is 16.6 Å². The van der Waals surface area contributed by atoms with E-state index < -0.39 is 27.6 Å². The largest absolute Gasteiger partial charge is 0.469 e. The molecule has 5 nitrogen and oxygen atoms in total. The summed E-state index contributed by atoms with van der Waals surface area (Å²) in [5.41, 5.74) is 0.709. The van der Waals surface area contributed by atoms with E-state index in [4.69, 9.17) is 0 Å². The summed E-state index contributed by atoms with van der Waals surface area (Å²) in [6.07, 6.45) is -0.260. The Bertz CT molecular complexity index is 589. The van der Waals surface area contributed by atoms with Crippen molar-refractivity contribution >= 4 is 37.6 Å². The highest BCUT2D eigenvalue weighted by Crippen LogP contribution is 2.24. The Morgan fingerprint density at radius 3 is 2.68 bits per heavy atom. The molecule has 0 saturated heterocycles. The molecule has 106 valence electrons. The third-order valence-corrected chi connectivity index (χ3v) is 4.22. The van der Waals surface area contributed by atoms with Gasteiger partial charge in [-0.15, -0.1) is 0 Å². The molecular formula is C11H13BrFNO4S. The summed E-state index contributed by atoms with van der Waals surface area (Å²) in [6, 6.07) is 2.54. The van der Waals surface area contributed by atoms with Gasteiger partial charge < -0.3 is 4.74 Å². The van der Waals surface area contributed by atoms with Crippen LogP contribution < -0.4 is 4.72 Å². The monoisotopic (exact) mass is 353 g/mol. The number of halogens is 2. The Balaban J connectivity index is 2.84. The maximum absolute atomic E-state index is 13.3. The smallest absolute Gasteiger partial charge is 0.306 e. The second-order valence-electron chi connectivity index (χ2n) is 3.83. The van der Waals surface area contributed by atoms with Crippen LogP contribution in [0.2, 0.25) is 0 Å². The minimum absolute atomic E-state index is 0.144. The average molecular weight is 354 g/mol. The number of anilines is 1. The average Bonchev–Trinajstić information content (AvgIpc) is 2.33. The Kier molecular flexibility index (Phi) is 5.30. The standard InChI is InChI=1S/C11H13BrFNO4S/c1-7-5-8(12)9(13)6-10(7)14-19(16,17)4-3-11(15)18-2/h5-6,14H,3-4H2,1-2H3. The summed E-state index contributed by atoms with van der Waals surface area (Å²) in [5, 5.41) is 0. The normalized spacial score (nSPS) is 11.2. The van der Waals surface area contributed by atoms with Gasteiger partial charge in [-0.1, -0.05) is 0 Å². The van der Waals surface area contributed by atoms with Crippen LogP contribution >= 0.6 is 15.9 Å². The first-order valence-corrected chi connectivity index (χ1v) is 7.72. The Morgan fingerprint density at radius 1 is 1.47 bits per heavy atom. The van der Waals surface area contributed by atoms with Crippen LogP contribution in [0, 0.1) is 12.7 Å². The predicted octanol–water partition coefficient (Wildman–Crippen LogP) is 2.20. The minimum Gasteiger partial charge on any atom is -0.469 e. The van der Waals surface area contributed by atoms with Gasteiger partial charge in [-0.05, 0) is 40.5 Å². The highest BCUT2D eigenvalue weighted by Gasteiger charge is 2.16. The molecule has 1 N–H and O–H groups in total. The molecule has 0 unspecified atom stereocenters. The molecule has 0 aliphatic heterocycles. The van der Waals surface area contributed by atoms with Crippen molar-refractivity contribution in [2.75, 3.05) is 17.6 Å². The lowest BCUT2D eigenvalue weighted by Crippen LogP contribution is -2.20. The van der Waals surface area contributed by atoms with Crippen molar-refractivity contribution < 1.29 is 22.3 Å². The molecule has 0 atom stereocenters. The summed E-state index contributed by atoms with van der Waals surface area (Å²) >= 11 is 3.01. The van der Waals surface area contributed by atoms with Crippen molar-refractivity contribution in [1.82, 2.24) is 0 Å². The van der Waals surface area contributed by atoms with E-state index in [1.165, 1.54) is 13.2 Å². The van der Waals surface area contributed by atoms with Crippen LogP contribution in [0.4, 0.5) is 10.1 Å². The summed E-state index contributed by atoms with van der Waals surface area (Å²) in [6.45, 7) is 1.64. The molecule has 0 heterocycles. The SMILES string of the molecule is COC(=O)CCS(=O)(=O)Nc1cc(F)c(Br)cc1C. The molecule has 0 aromatic heterocycles. The molecule has 8 heteroatoms. The maximum Gasteiger partial charge on any atom is 0.306 e. The van der Waals surface area contributed by atoms with Crippen molar-refractivity contribution in [3.63, 3.8) is 0 Å². The fourth-order valence-corrected chi connectivity index (χ4v) is 2.84. The van der Waals surface area contributed by atoms with E-state index in [1.54, 1.807) is 6.92 Å². The van der Waals surface area contributed by atoms with Crippen molar-refractivity contribution in [2.45, 2.75) is 13.3 Å². The molecular weight excluding hydrogens is 341 g/mol. The number of hydrogen-bond donors (Lipinski definition) is 1. The van der Waals surface area contributed by atoms with E-state index >= 15 is 0 Å². The van der Waals surface area contributed by atoms with Crippen LogP contribution in [0.5, 0.6) is 0 Å². The highest BCUT2D eigenvalue weighted by atomic mass is 79.9. The van der Waals surface area contributed by atoms with Gasteiger partial charge in [0.25, 0.3) is 0 Å². The fourth-order valence-electron chi connectivity index (χ4n) is 1.29. The zero-order valence-corrected chi connectivity index (χ0v) is 12.8. The van der Waals surface area contributed by atoms with Crippen LogP contribution in [-0.2, 0) is 19.6 Å². The Morgan fingerprint density at radius 2 is 2.11 bits per heavy atom. The van der Waals surface area contributed by atoms with Crippen LogP contribution in [0.25, 0.3) is 0 Å². The zero-order chi connectivity index (χ0) is 14.6. The van der Waals surface area contributed by atoms with Gasteiger partial charge >= 0.3 is 5.97 Å². The van der Waals surface area contributed by atoms with Gasteiger partial charge in [0.1, 0.15) is 5.82 Å². The summed E-state index contributed by atoms with van der Waals surface area (Å²) in [5.74, 6) is -1.61. The number of hydrogen-bond acceptors (Lipinski definition) is 4. The second kappa shape index (κ2) is 6.33. The topological polar surface area (TPSA) is 72.5 Å². The lowest BCUT2D eigenvalue weighted by Gasteiger charge is -2.11. The Hall–Kier alpha value is -1.15. The van der Waals surface area contributed by atoms with Gasteiger partial charge in [0.2, 0.25) is 10.0 Å². The molecule has 0 aliphatic carbocycles. The molecule has 0 aliphatic rings.